The van der Waals surface area contributed by atoms with Crippen LogP contribution in [0.15, 0.2) is 30.5 Å². The molecule has 2 aromatic rings. The molecule has 7 heteroatoms. The molecule has 7 nitrogen and oxygen atoms in total. The van der Waals surface area contributed by atoms with Crippen LogP contribution in [0.3, 0.4) is 0 Å². The highest BCUT2D eigenvalue weighted by molar-refractivity contribution is 5.93. The van der Waals surface area contributed by atoms with Gasteiger partial charge in [-0.3, -0.25) is 4.79 Å². The van der Waals surface area contributed by atoms with E-state index in [9.17, 15) is 15.0 Å². The van der Waals surface area contributed by atoms with Crippen molar-refractivity contribution in [1.82, 2.24) is 9.88 Å². The molecule has 172 valence electrons. The highest BCUT2D eigenvalue weighted by Gasteiger charge is 2.33. The number of aliphatic hydroxyl groups excluding tert-OH is 3. The molecule has 0 spiro atoms. The van der Waals surface area contributed by atoms with Crippen LogP contribution in [0, 0.1) is 6.92 Å². The largest absolute Gasteiger partial charge is 0.491 e. The fourth-order valence-electron chi connectivity index (χ4n) is 4.05. The normalized spacial score (nSPS) is 13.7. The number of benzene rings is 1. The van der Waals surface area contributed by atoms with Crippen LogP contribution in [0.2, 0.25) is 0 Å². The monoisotopic (exact) mass is 432 g/mol. The zero-order chi connectivity index (χ0) is 23.2. The first kappa shape index (κ1) is 24.9. The van der Waals surface area contributed by atoms with E-state index in [0.717, 1.165) is 35.3 Å². The standard InChI is InChI=1S/C24H36N2O5/c1-6-24(7-2,18-9-10-21(16(4)11-18)31-15-17(5)28)19-12-20(26(8-3)13-19)23(30)25-22(29)14-27/h9-13,17,22,27-29H,6-8,14-15H2,1-5H3,(H,25,30). The number of hydrogen-bond donors (Lipinski definition) is 4. The number of rotatable bonds is 11. The third kappa shape index (κ3) is 5.47. The molecule has 1 aromatic heterocycles. The predicted molar refractivity (Wildman–Crippen MR) is 120 cm³/mol. The number of aryl methyl sites for hydroxylation is 2. The summed E-state index contributed by atoms with van der Waals surface area (Å²) >= 11 is 0. The van der Waals surface area contributed by atoms with Gasteiger partial charge in [0.05, 0.1) is 12.7 Å². The van der Waals surface area contributed by atoms with Crippen molar-refractivity contribution < 1.29 is 24.9 Å². The molecule has 31 heavy (non-hydrogen) atoms. The summed E-state index contributed by atoms with van der Waals surface area (Å²) in [4.78, 5) is 12.6. The molecule has 0 fully saturated rings. The van der Waals surface area contributed by atoms with Crippen molar-refractivity contribution in [3.8, 4) is 5.75 Å². The van der Waals surface area contributed by atoms with Crippen LogP contribution in [0.4, 0.5) is 0 Å². The number of amides is 1. The number of carbonyl (C=O) groups excluding carboxylic acids is 1. The number of nitrogens with zero attached hydrogens (tertiary/aromatic N) is 1. The molecule has 0 radical (unpaired) electrons. The van der Waals surface area contributed by atoms with Gasteiger partial charge in [-0.1, -0.05) is 26.0 Å². The van der Waals surface area contributed by atoms with Gasteiger partial charge in [-0.25, -0.2) is 0 Å². The van der Waals surface area contributed by atoms with Crippen molar-refractivity contribution in [3.05, 3.63) is 52.8 Å². The van der Waals surface area contributed by atoms with Crippen LogP contribution in [-0.4, -0.2) is 51.3 Å². The topological polar surface area (TPSA) is 104 Å². The van der Waals surface area contributed by atoms with Crippen LogP contribution in [0.1, 0.15) is 67.7 Å². The molecule has 1 amide bonds. The SMILES string of the molecule is CCn1cc(C(CC)(CC)c2ccc(OCC(C)O)c(C)c2)cc1C(=O)NC(O)CO. The van der Waals surface area contributed by atoms with Gasteiger partial charge in [0.15, 0.2) is 0 Å². The molecule has 1 aromatic carbocycles. The number of carbonyl (C=O) groups is 1. The molecule has 0 aliphatic carbocycles. The average molecular weight is 433 g/mol. The Morgan fingerprint density at radius 2 is 1.84 bits per heavy atom. The molecule has 0 saturated heterocycles. The Bertz CT molecular complexity index is 871. The summed E-state index contributed by atoms with van der Waals surface area (Å²) < 4.78 is 7.57. The first-order valence-electron chi connectivity index (χ1n) is 10.9. The quantitative estimate of drug-likeness (QED) is 0.409. The number of hydrogen-bond acceptors (Lipinski definition) is 5. The molecule has 0 bridgehead atoms. The average Bonchev–Trinajstić information content (AvgIpc) is 3.19. The van der Waals surface area contributed by atoms with E-state index < -0.39 is 24.8 Å². The van der Waals surface area contributed by atoms with Gasteiger partial charge in [-0.05, 0) is 62.4 Å². The third-order valence-corrected chi connectivity index (χ3v) is 5.91. The van der Waals surface area contributed by atoms with Crippen molar-refractivity contribution in [2.24, 2.45) is 0 Å². The molecule has 0 saturated carbocycles. The maximum atomic E-state index is 12.6. The molecule has 2 unspecified atom stereocenters. The fourth-order valence-corrected chi connectivity index (χ4v) is 4.05. The van der Waals surface area contributed by atoms with E-state index in [-0.39, 0.29) is 12.0 Å². The van der Waals surface area contributed by atoms with Crippen LogP contribution >= 0.6 is 0 Å². The molecule has 2 atom stereocenters. The summed E-state index contributed by atoms with van der Waals surface area (Å²) in [6.07, 6.45) is 1.85. The van der Waals surface area contributed by atoms with Crippen molar-refractivity contribution in [3.63, 3.8) is 0 Å². The minimum Gasteiger partial charge on any atom is -0.491 e. The van der Waals surface area contributed by atoms with Gasteiger partial charge < -0.3 is 29.9 Å². The first-order valence-corrected chi connectivity index (χ1v) is 10.9. The van der Waals surface area contributed by atoms with Gasteiger partial charge in [0.2, 0.25) is 0 Å². The minimum absolute atomic E-state index is 0.240. The Hall–Kier alpha value is -2.35. The summed E-state index contributed by atoms with van der Waals surface area (Å²) in [6, 6.07) is 7.98. The highest BCUT2D eigenvalue weighted by Crippen LogP contribution is 2.41. The summed E-state index contributed by atoms with van der Waals surface area (Å²) in [5.74, 6) is 0.323. The number of aliphatic hydroxyl groups is 3. The molecule has 4 N–H and O–H groups in total. The molecular weight excluding hydrogens is 396 g/mol. The van der Waals surface area contributed by atoms with Crippen molar-refractivity contribution in [2.75, 3.05) is 13.2 Å². The van der Waals surface area contributed by atoms with Crippen LogP contribution in [-0.2, 0) is 12.0 Å². The molecule has 0 aliphatic rings. The van der Waals surface area contributed by atoms with Gasteiger partial charge in [0, 0.05) is 18.2 Å². The number of nitrogens with one attached hydrogen (secondary N) is 1. The maximum absolute atomic E-state index is 12.6. The Morgan fingerprint density at radius 1 is 1.16 bits per heavy atom. The van der Waals surface area contributed by atoms with Crippen molar-refractivity contribution in [2.45, 2.75) is 71.8 Å². The zero-order valence-electron chi connectivity index (χ0n) is 19.2. The van der Waals surface area contributed by atoms with Crippen LogP contribution < -0.4 is 10.1 Å². The second-order valence-electron chi connectivity index (χ2n) is 8.00. The molecule has 2 rings (SSSR count). The summed E-state index contributed by atoms with van der Waals surface area (Å²) in [5, 5.41) is 30.5. The van der Waals surface area contributed by atoms with Gasteiger partial charge in [0.1, 0.15) is 24.3 Å². The van der Waals surface area contributed by atoms with Gasteiger partial charge >= 0.3 is 0 Å². The van der Waals surface area contributed by atoms with Crippen molar-refractivity contribution in [1.29, 1.82) is 0 Å². The Balaban J connectivity index is 2.47. The molecule has 0 aliphatic heterocycles. The van der Waals surface area contributed by atoms with E-state index in [1.807, 2.05) is 36.7 Å². The van der Waals surface area contributed by atoms with E-state index >= 15 is 0 Å². The van der Waals surface area contributed by atoms with E-state index in [1.54, 1.807) is 6.92 Å². The van der Waals surface area contributed by atoms with E-state index in [4.69, 9.17) is 9.84 Å². The lowest BCUT2D eigenvalue weighted by molar-refractivity contribution is 0.0542. The smallest absolute Gasteiger partial charge is 0.269 e. The lowest BCUT2D eigenvalue weighted by atomic mass is 9.71. The highest BCUT2D eigenvalue weighted by atomic mass is 16.5. The summed E-state index contributed by atoms with van der Waals surface area (Å²) in [7, 11) is 0. The van der Waals surface area contributed by atoms with Gasteiger partial charge in [-0.2, -0.15) is 0 Å². The van der Waals surface area contributed by atoms with Gasteiger partial charge in [0.25, 0.3) is 5.91 Å². The summed E-state index contributed by atoms with van der Waals surface area (Å²) in [6.45, 7) is 10.2. The minimum atomic E-state index is -1.30. The summed E-state index contributed by atoms with van der Waals surface area (Å²) in [5.41, 5.74) is 3.31. The second kappa shape index (κ2) is 10.8. The third-order valence-electron chi connectivity index (χ3n) is 5.91. The van der Waals surface area contributed by atoms with Crippen LogP contribution in [0.25, 0.3) is 0 Å². The number of ether oxygens (including phenoxy) is 1. The number of aromatic nitrogens is 1. The Morgan fingerprint density at radius 3 is 2.35 bits per heavy atom. The zero-order valence-corrected chi connectivity index (χ0v) is 19.2. The lowest BCUT2D eigenvalue weighted by Gasteiger charge is -2.32. The Kier molecular flexibility index (Phi) is 8.68. The Labute approximate surface area is 184 Å². The molecular formula is C24H36N2O5. The van der Waals surface area contributed by atoms with Crippen LogP contribution in [0.5, 0.6) is 5.75 Å². The maximum Gasteiger partial charge on any atom is 0.269 e. The first-order chi connectivity index (χ1) is 14.7. The van der Waals surface area contributed by atoms with E-state index in [2.05, 4.69) is 31.3 Å². The predicted octanol–water partition coefficient (Wildman–Crippen LogP) is 2.72. The fraction of sp³-hybridized carbons (Fsp3) is 0.542. The van der Waals surface area contributed by atoms with Crippen molar-refractivity contribution >= 4 is 5.91 Å². The second-order valence-corrected chi connectivity index (χ2v) is 8.00. The van der Waals surface area contributed by atoms with E-state index in [1.165, 1.54) is 0 Å². The lowest BCUT2D eigenvalue weighted by Crippen LogP contribution is -2.38. The van der Waals surface area contributed by atoms with Gasteiger partial charge in [-0.15, -0.1) is 0 Å². The van der Waals surface area contributed by atoms with E-state index in [0.29, 0.717) is 12.2 Å². The molecule has 1 heterocycles.